The number of hydrogen-bond donors (Lipinski definition) is 0. The molecule has 0 spiro atoms. The summed E-state index contributed by atoms with van der Waals surface area (Å²) in [6, 6.07) is 0. The number of oxazole rings is 1. The van der Waals surface area contributed by atoms with E-state index in [9.17, 15) is 0 Å². The lowest BCUT2D eigenvalue weighted by Crippen LogP contribution is -2.11. The van der Waals surface area contributed by atoms with Crippen molar-refractivity contribution in [2.24, 2.45) is 0 Å². The number of nitrogens with zero attached hydrogens (tertiary/aromatic N) is 1. The second-order valence-electron chi connectivity index (χ2n) is 3.52. The van der Waals surface area contributed by atoms with Gasteiger partial charge in [0, 0.05) is 5.41 Å². The highest BCUT2D eigenvalue weighted by atomic mass is 16.3. The third kappa shape index (κ3) is 1.50. The Kier molecular flexibility index (Phi) is 1.85. The lowest BCUT2D eigenvalue weighted by molar-refractivity contribution is 0.407. The van der Waals surface area contributed by atoms with E-state index in [1.807, 2.05) is 0 Å². The predicted molar refractivity (Wildman–Crippen MR) is 45.3 cm³/mol. The van der Waals surface area contributed by atoms with Crippen molar-refractivity contribution >= 4 is 6.08 Å². The van der Waals surface area contributed by atoms with E-state index in [-0.39, 0.29) is 5.41 Å². The van der Waals surface area contributed by atoms with Crippen molar-refractivity contribution in [2.45, 2.75) is 26.2 Å². The Morgan fingerprint density at radius 1 is 1.55 bits per heavy atom. The summed E-state index contributed by atoms with van der Waals surface area (Å²) in [5, 5.41) is 0. The van der Waals surface area contributed by atoms with Crippen molar-refractivity contribution in [3.63, 3.8) is 0 Å². The Labute approximate surface area is 66.9 Å². The number of hydrogen-bond acceptors (Lipinski definition) is 2. The van der Waals surface area contributed by atoms with Crippen LogP contribution >= 0.6 is 0 Å². The first-order valence-electron chi connectivity index (χ1n) is 3.62. The molecule has 0 unspecified atom stereocenters. The zero-order chi connectivity index (χ0) is 8.48. The molecular weight excluding hydrogens is 138 g/mol. The van der Waals surface area contributed by atoms with Gasteiger partial charge in [-0.15, -0.1) is 0 Å². The lowest BCUT2D eigenvalue weighted by Gasteiger charge is -2.14. The summed E-state index contributed by atoms with van der Waals surface area (Å²) >= 11 is 0. The van der Waals surface area contributed by atoms with Crippen LogP contribution in [0.2, 0.25) is 0 Å². The smallest absolute Gasteiger partial charge is 0.181 e. The first-order chi connectivity index (χ1) is 5.05. The molecule has 2 heteroatoms. The fourth-order valence-electron chi connectivity index (χ4n) is 0.961. The summed E-state index contributed by atoms with van der Waals surface area (Å²) in [5.41, 5.74) is 0.859. The summed E-state index contributed by atoms with van der Waals surface area (Å²) in [4.78, 5) is 4.02. The van der Waals surface area contributed by atoms with Crippen LogP contribution in [0.4, 0.5) is 0 Å². The fourth-order valence-corrected chi connectivity index (χ4v) is 0.961. The number of rotatable bonds is 1. The highest BCUT2D eigenvalue weighted by molar-refractivity contribution is 5.45. The maximum absolute atomic E-state index is 5.24. The normalized spacial score (nSPS) is 11.5. The molecule has 1 rings (SSSR count). The van der Waals surface area contributed by atoms with Gasteiger partial charge in [-0.25, -0.2) is 4.98 Å². The molecular formula is C9H13NO. The van der Waals surface area contributed by atoms with Crippen molar-refractivity contribution in [1.29, 1.82) is 0 Å². The van der Waals surface area contributed by atoms with Crippen LogP contribution in [0, 0.1) is 0 Å². The summed E-state index contributed by atoms with van der Waals surface area (Å²) < 4.78 is 5.24. The second kappa shape index (κ2) is 2.53. The largest absolute Gasteiger partial charge is 0.447 e. The van der Waals surface area contributed by atoms with E-state index < -0.39 is 0 Å². The molecule has 0 atom stereocenters. The van der Waals surface area contributed by atoms with Crippen molar-refractivity contribution in [1.82, 2.24) is 4.98 Å². The van der Waals surface area contributed by atoms with Gasteiger partial charge in [0.15, 0.2) is 6.39 Å². The third-order valence-electron chi connectivity index (χ3n) is 1.47. The van der Waals surface area contributed by atoms with Crippen molar-refractivity contribution in [3.05, 3.63) is 24.4 Å². The molecule has 1 aromatic rings. The predicted octanol–water partition coefficient (Wildman–Crippen LogP) is 2.62. The van der Waals surface area contributed by atoms with Gasteiger partial charge in [0.25, 0.3) is 0 Å². The molecule has 0 amide bonds. The Bertz CT molecular complexity index is 255. The average molecular weight is 151 g/mol. The van der Waals surface area contributed by atoms with E-state index in [1.165, 1.54) is 6.39 Å². The quantitative estimate of drug-likeness (QED) is 0.616. The van der Waals surface area contributed by atoms with Crippen LogP contribution in [0.5, 0.6) is 0 Å². The maximum Gasteiger partial charge on any atom is 0.181 e. The van der Waals surface area contributed by atoms with Crippen LogP contribution in [0.25, 0.3) is 6.08 Å². The third-order valence-corrected chi connectivity index (χ3v) is 1.47. The first-order valence-corrected chi connectivity index (χ1v) is 3.62. The molecule has 2 nitrogen and oxygen atoms in total. The van der Waals surface area contributed by atoms with E-state index in [0.717, 1.165) is 11.5 Å². The van der Waals surface area contributed by atoms with Gasteiger partial charge in [0.1, 0.15) is 11.5 Å². The molecule has 1 heterocycles. The molecule has 0 aliphatic rings. The Hall–Kier alpha value is -1.05. The van der Waals surface area contributed by atoms with Crippen LogP contribution in [-0.4, -0.2) is 4.98 Å². The van der Waals surface area contributed by atoms with Gasteiger partial charge in [-0.3, -0.25) is 0 Å². The van der Waals surface area contributed by atoms with E-state index in [2.05, 4.69) is 32.3 Å². The van der Waals surface area contributed by atoms with Crippen molar-refractivity contribution in [3.8, 4) is 0 Å². The topological polar surface area (TPSA) is 26.0 Å². The molecule has 0 aromatic carbocycles. The molecule has 0 saturated carbocycles. The Morgan fingerprint density at radius 2 is 2.18 bits per heavy atom. The molecule has 1 aromatic heterocycles. The first kappa shape index (κ1) is 8.05. The van der Waals surface area contributed by atoms with Crippen LogP contribution in [-0.2, 0) is 5.41 Å². The number of aromatic nitrogens is 1. The van der Waals surface area contributed by atoms with E-state index in [4.69, 9.17) is 4.42 Å². The minimum absolute atomic E-state index is 0.0139. The molecule has 0 fully saturated rings. The maximum atomic E-state index is 5.24. The summed E-state index contributed by atoms with van der Waals surface area (Å²) in [6.45, 7) is 9.91. The highest BCUT2D eigenvalue weighted by Crippen LogP contribution is 2.25. The minimum Gasteiger partial charge on any atom is -0.447 e. The van der Waals surface area contributed by atoms with E-state index in [1.54, 1.807) is 6.08 Å². The monoisotopic (exact) mass is 151 g/mol. The zero-order valence-electron chi connectivity index (χ0n) is 7.22. The van der Waals surface area contributed by atoms with E-state index >= 15 is 0 Å². The molecule has 0 bridgehead atoms. The van der Waals surface area contributed by atoms with Gasteiger partial charge in [0.05, 0.1) is 0 Å². The molecule has 0 aliphatic heterocycles. The van der Waals surface area contributed by atoms with Crippen LogP contribution in [0.15, 0.2) is 17.4 Å². The molecule has 0 radical (unpaired) electrons. The van der Waals surface area contributed by atoms with Crippen LogP contribution in [0.3, 0.4) is 0 Å². The summed E-state index contributed by atoms with van der Waals surface area (Å²) in [5.74, 6) is 0.896. The standard InChI is InChI=1S/C9H13NO/c1-5-7-8(9(2,3)4)11-6-10-7/h5-6H,1H2,2-4H3. The lowest BCUT2D eigenvalue weighted by atomic mass is 9.92. The molecule has 0 aliphatic carbocycles. The fraction of sp³-hybridized carbons (Fsp3) is 0.444. The minimum atomic E-state index is 0.0139. The molecule has 0 N–H and O–H groups in total. The second-order valence-corrected chi connectivity index (χ2v) is 3.52. The summed E-state index contributed by atoms with van der Waals surface area (Å²) in [6.07, 6.45) is 3.17. The van der Waals surface area contributed by atoms with Gasteiger partial charge in [0.2, 0.25) is 0 Å². The van der Waals surface area contributed by atoms with E-state index in [0.29, 0.717) is 0 Å². The average Bonchev–Trinajstić information content (AvgIpc) is 2.31. The van der Waals surface area contributed by atoms with Gasteiger partial charge in [-0.05, 0) is 6.08 Å². The van der Waals surface area contributed by atoms with Gasteiger partial charge < -0.3 is 4.42 Å². The molecule has 11 heavy (non-hydrogen) atoms. The van der Waals surface area contributed by atoms with Crippen LogP contribution in [0.1, 0.15) is 32.2 Å². The van der Waals surface area contributed by atoms with Gasteiger partial charge >= 0.3 is 0 Å². The Balaban J connectivity index is 3.12. The molecule has 0 saturated heterocycles. The van der Waals surface area contributed by atoms with Gasteiger partial charge in [-0.2, -0.15) is 0 Å². The Morgan fingerprint density at radius 3 is 2.55 bits per heavy atom. The molecule has 60 valence electrons. The SMILES string of the molecule is C=Cc1ncoc1C(C)(C)C. The van der Waals surface area contributed by atoms with Crippen molar-refractivity contribution < 1.29 is 4.42 Å². The summed E-state index contributed by atoms with van der Waals surface area (Å²) in [7, 11) is 0. The van der Waals surface area contributed by atoms with Crippen LogP contribution < -0.4 is 0 Å². The highest BCUT2D eigenvalue weighted by Gasteiger charge is 2.20. The van der Waals surface area contributed by atoms with Crippen molar-refractivity contribution in [2.75, 3.05) is 0 Å². The van der Waals surface area contributed by atoms with Gasteiger partial charge in [-0.1, -0.05) is 27.4 Å². The zero-order valence-corrected chi connectivity index (χ0v) is 7.22.